The summed E-state index contributed by atoms with van der Waals surface area (Å²) in [6.45, 7) is 1.76. The second kappa shape index (κ2) is 11.7. The molecule has 37 heavy (non-hydrogen) atoms. The van der Waals surface area contributed by atoms with E-state index in [0.29, 0.717) is 30.1 Å². The number of fused-ring (bicyclic) bond motifs is 1. The lowest BCUT2D eigenvalue weighted by Gasteiger charge is -2.30. The number of pyridine rings is 1. The highest BCUT2D eigenvalue weighted by atomic mass is 35.5. The van der Waals surface area contributed by atoms with E-state index < -0.39 is 11.7 Å². The summed E-state index contributed by atoms with van der Waals surface area (Å²) < 4.78 is 40.0. The third-order valence-electron chi connectivity index (χ3n) is 7.51. The Kier molecular flexibility index (Phi) is 8.55. The molecule has 2 heterocycles. The predicted octanol–water partition coefficient (Wildman–Crippen LogP) is 6.88. The van der Waals surface area contributed by atoms with E-state index in [1.165, 1.54) is 12.1 Å². The van der Waals surface area contributed by atoms with Crippen molar-refractivity contribution in [3.05, 3.63) is 89.2 Å². The van der Waals surface area contributed by atoms with Gasteiger partial charge < -0.3 is 5.32 Å². The normalized spacial score (nSPS) is 19.6. The molecular formula is C29H31ClF3N3O. The number of carbonyl (C=O) groups is 1. The first kappa shape index (κ1) is 27.1. The number of rotatable bonds is 6. The molecule has 1 amide bonds. The quantitative estimate of drug-likeness (QED) is 0.378. The Balaban J connectivity index is 0.00000320. The Morgan fingerprint density at radius 2 is 1.73 bits per heavy atom. The van der Waals surface area contributed by atoms with Gasteiger partial charge in [0, 0.05) is 42.7 Å². The van der Waals surface area contributed by atoms with Gasteiger partial charge in [-0.3, -0.25) is 14.7 Å². The minimum Gasteiger partial charge on any atom is -0.349 e. The van der Waals surface area contributed by atoms with Crippen LogP contribution in [-0.4, -0.2) is 28.4 Å². The molecule has 0 unspecified atom stereocenters. The van der Waals surface area contributed by atoms with Crippen LogP contribution in [-0.2, 0) is 19.3 Å². The number of hydrogen-bond acceptors (Lipinski definition) is 3. The number of hydrogen-bond donors (Lipinski definition) is 1. The van der Waals surface area contributed by atoms with Crippen molar-refractivity contribution in [1.29, 1.82) is 0 Å². The molecule has 1 saturated carbocycles. The van der Waals surface area contributed by atoms with E-state index in [-0.39, 0.29) is 24.4 Å². The van der Waals surface area contributed by atoms with Gasteiger partial charge in [0.1, 0.15) is 0 Å². The van der Waals surface area contributed by atoms with E-state index in [1.54, 1.807) is 12.4 Å². The molecule has 5 rings (SSSR count). The van der Waals surface area contributed by atoms with E-state index in [2.05, 4.69) is 15.2 Å². The number of halogens is 4. The molecule has 1 fully saturated rings. The van der Waals surface area contributed by atoms with Gasteiger partial charge in [-0.1, -0.05) is 30.3 Å². The highest BCUT2D eigenvalue weighted by Gasteiger charge is 2.36. The first-order valence-corrected chi connectivity index (χ1v) is 12.6. The van der Waals surface area contributed by atoms with E-state index in [1.807, 2.05) is 42.5 Å². The highest BCUT2D eigenvalue weighted by molar-refractivity contribution is 5.95. The van der Waals surface area contributed by atoms with Crippen molar-refractivity contribution in [2.75, 3.05) is 6.54 Å². The lowest BCUT2D eigenvalue weighted by atomic mass is 9.84. The van der Waals surface area contributed by atoms with E-state index in [0.717, 1.165) is 55.3 Å². The van der Waals surface area contributed by atoms with Crippen LogP contribution in [0.15, 0.2) is 67.0 Å². The minimum atomic E-state index is -4.30. The lowest BCUT2D eigenvalue weighted by Crippen LogP contribution is -2.38. The summed E-state index contributed by atoms with van der Waals surface area (Å²) in [6.07, 6.45) is 4.09. The molecule has 0 atom stereocenters. The largest absolute Gasteiger partial charge is 0.416 e. The van der Waals surface area contributed by atoms with Crippen LogP contribution in [0.4, 0.5) is 13.2 Å². The molecule has 0 bridgehead atoms. The number of carbonyl (C=O) groups excluding carboxylic acids is 1. The molecule has 0 radical (unpaired) electrons. The van der Waals surface area contributed by atoms with Gasteiger partial charge in [0.05, 0.1) is 5.56 Å². The molecule has 4 nitrogen and oxygen atoms in total. The van der Waals surface area contributed by atoms with Gasteiger partial charge in [-0.25, -0.2) is 0 Å². The van der Waals surface area contributed by atoms with Crippen LogP contribution in [0.25, 0.3) is 11.1 Å². The summed E-state index contributed by atoms with van der Waals surface area (Å²) in [4.78, 5) is 19.1. The van der Waals surface area contributed by atoms with Crippen molar-refractivity contribution < 1.29 is 18.0 Å². The maximum absolute atomic E-state index is 13.3. The number of amides is 1. The summed E-state index contributed by atoms with van der Waals surface area (Å²) in [5.41, 5.74) is 3.32. The maximum Gasteiger partial charge on any atom is 0.416 e. The summed E-state index contributed by atoms with van der Waals surface area (Å²) >= 11 is 0. The molecule has 2 aliphatic rings. The van der Waals surface area contributed by atoms with Gasteiger partial charge in [0.2, 0.25) is 0 Å². The standard InChI is InChI=1S/C29H30F3N3O.ClH/c30-29(31,32)27-8-2-6-24-18-35(19-26(24)27)15-13-20-9-11-25(12-10-20)34-28(36)22-5-1-4-21(16-22)23-7-3-14-33-17-23;/h1-8,14,16-17,20,25H,9-13,15,18-19H2,(H,34,36);1H. The van der Waals surface area contributed by atoms with Crippen molar-refractivity contribution in [3.8, 4) is 11.1 Å². The van der Waals surface area contributed by atoms with Gasteiger partial charge >= 0.3 is 6.18 Å². The molecule has 1 N–H and O–H groups in total. The van der Waals surface area contributed by atoms with Crippen molar-refractivity contribution in [1.82, 2.24) is 15.2 Å². The third-order valence-corrected chi connectivity index (χ3v) is 7.51. The van der Waals surface area contributed by atoms with Crippen LogP contribution in [0.1, 0.15) is 59.2 Å². The number of nitrogens with zero attached hydrogens (tertiary/aromatic N) is 2. The van der Waals surface area contributed by atoms with Crippen LogP contribution in [0, 0.1) is 5.92 Å². The average molecular weight is 530 g/mol. The zero-order valence-electron chi connectivity index (χ0n) is 20.5. The molecule has 8 heteroatoms. The SMILES string of the molecule is Cl.O=C(NC1CCC(CCN2Cc3cccc(C(F)(F)F)c3C2)CC1)c1cccc(-c2cccnc2)c1. The molecule has 2 aromatic carbocycles. The van der Waals surface area contributed by atoms with E-state index in [4.69, 9.17) is 0 Å². The number of aromatic nitrogens is 1. The summed E-state index contributed by atoms with van der Waals surface area (Å²) in [6, 6.07) is 16.1. The molecule has 3 aromatic rings. The number of nitrogens with one attached hydrogen (secondary N) is 1. The van der Waals surface area contributed by atoms with Crippen molar-refractivity contribution >= 4 is 18.3 Å². The van der Waals surface area contributed by atoms with Crippen LogP contribution in [0.3, 0.4) is 0 Å². The summed E-state index contributed by atoms with van der Waals surface area (Å²) in [5.74, 6) is 0.484. The Bertz CT molecular complexity index is 1210. The average Bonchev–Trinajstić information content (AvgIpc) is 3.31. The lowest BCUT2D eigenvalue weighted by molar-refractivity contribution is -0.138. The summed E-state index contributed by atoms with van der Waals surface area (Å²) in [5, 5.41) is 3.19. The monoisotopic (exact) mass is 529 g/mol. The zero-order valence-corrected chi connectivity index (χ0v) is 21.3. The number of alkyl halides is 3. The molecule has 1 aromatic heterocycles. The fourth-order valence-corrected chi connectivity index (χ4v) is 5.52. The predicted molar refractivity (Wildman–Crippen MR) is 140 cm³/mol. The van der Waals surface area contributed by atoms with Crippen molar-refractivity contribution in [2.24, 2.45) is 5.92 Å². The zero-order chi connectivity index (χ0) is 25.1. The van der Waals surface area contributed by atoms with Crippen LogP contribution in [0.5, 0.6) is 0 Å². The Morgan fingerprint density at radius 1 is 0.973 bits per heavy atom. The second-order valence-electron chi connectivity index (χ2n) is 9.95. The van der Waals surface area contributed by atoms with Gasteiger partial charge in [0.15, 0.2) is 0 Å². The molecule has 1 aliphatic carbocycles. The van der Waals surface area contributed by atoms with Crippen molar-refractivity contribution in [2.45, 2.75) is 57.4 Å². The fraction of sp³-hybridized carbons (Fsp3) is 0.379. The van der Waals surface area contributed by atoms with Crippen molar-refractivity contribution in [3.63, 3.8) is 0 Å². The molecule has 196 valence electrons. The molecule has 1 aliphatic heterocycles. The minimum absolute atomic E-state index is 0. The van der Waals surface area contributed by atoms with Gasteiger partial charge in [-0.05, 0) is 85.5 Å². The van der Waals surface area contributed by atoms with Crippen LogP contribution < -0.4 is 5.32 Å². The van der Waals surface area contributed by atoms with Crippen LogP contribution in [0.2, 0.25) is 0 Å². The van der Waals surface area contributed by atoms with E-state index >= 15 is 0 Å². The first-order valence-electron chi connectivity index (χ1n) is 12.6. The Hall–Kier alpha value is -2.90. The van der Waals surface area contributed by atoms with Gasteiger partial charge in [-0.2, -0.15) is 13.2 Å². The topological polar surface area (TPSA) is 45.2 Å². The van der Waals surface area contributed by atoms with Gasteiger partial charge in [-0.15, -0.1) is 12.4 Å². The molecular weight excluding hydrogens is 499 g/mol. The summed E-state index contributed by atoms with van der Waals surface area (Å²) in [7, 11) is 0. The fourth-order valence-electron chi connectivity index (χ4n) is 5.52. The van der Waals surface area contributed by atoms with Crippen LogP contribution >= 0.6 is 12.4 Å². The number of benzene rings is 2. The smallest absolute Gasteiger partial charge is 0.349 e. The Labute approximate surface area is 221 Å². The third kappa shape index (κ3) is 6.51. The maximum atomic E-state index is 13.3. The Morgan fingerprint density at radius 3 is 2.46 bits per heavy atom. The molecule has 0 saturated heterocycles. The van der Waals surface area contributed by atoms with E-state index in [9.17, 15) is 18.0 Å². The first-order chi connectivity index (χ1) is 17.4. The highest BCUT2D eigenvalue weighted by Crippen LogP contribution is 2.37. The van der Waals surface area contributed by atoms with Gasteiger partial charge in [0.25, 0.3) is 5.91 Å². The second-order valence-corrected chi connectivity index (χ2v) is 9.95. The molecule has 0 spiro atoms.